The van der Waals surface area contributed by atoms with Gasteiger partial charge in [-0.1, -0.05) is 83.9 Å². The van der Waals surface area contributed by atoms with Crippen LogP contribution in [0, 0.1) is 13.8 Å². The summed E-state index contributed by atoms with van der Waals surface area (Å²) in [5.74, 6) is 2.42. The fraction of sp³-hybridized carbons (Fsp3) is 0.317. The highest BCUT2D eigenvalue weighted by atomic mass is 16.5. The summed E-state index contributed by atoms with van der Waals surface area (Å²) < 4.78 is 30.2. The minimum Gasteiger partial charge on any atom is -0.493 e. The summed E-state index contributed by atoms with van der Waals surface area (Å²) in [6.45, 7) is 7.17. The van der Waals surface area contributed by atoms with Gasteiger partial charge in [0.15, 0.2) is 17.3 Å². The number of benzene rings is 4. The summed E-state index contributed by atoms with van der Waals surface area (Å²) in [4.78, 5) is 18.3. The summed E-state index contributed by atoms with van der Waals surface area (Å²) in [5.41, 5.74) is 14.2. The molecule has 0 bridgehead atoms. The van der Waals surface area contributed by atoms with Gasteiger partial charge in [0.1, 0.15) is 5.82 Å². The molecule has 0 spiro atoms. The molecule has 4 aromatic carbocycles. The lowest BCUT2D eigenvalue weighted by atomic mass is 10.0. The SMILES string of the molecule is COc1cc(-c2nc(-c3ccc(C)cc3)c(-c3ccc(C)cc3)n2Cc2ccc(C(=O)CCCOCCOCCN)cc2)cc(OC)c1OC. The third-order valence-electron chi connectivity index (χ3n) is 8.48. The van der Waals surface area contributed by atoms with Crippen LogP contribution in [-0.4, -0.2) is 69.6 Å². The summed E-state index contributed by atoms with van der Waals surface area (Å²) in [7, 11) is 4.81. The van der Waals surface area contributed by atoms with E-state index < -0.39 is 0 Å². The summed E-state index contributed by atoms with van der Waals surface area (Å²) in [6.07, 6.45) is 1.06. The molecule has 50 heavy (non-hydrogen) atoms. The maximum atomic E-state index is 13.0. The average Bonchev–Trinajstić information content (AvgIpc) is 3.51. The van der Waals surface area contributed by atoms with E-state index in [1.807, 2.05) is 36.4 Å². The molecule has 0 fully saturated rings. The Morgan fingerprint density at radius 2 is 1.28 bits per heavy atom. The lowest BCUT2D eigenvalue weighted by Gasteiger charge is -2.17. The highest BCUT2D eigenvalue weighted by Crippen LogP contribution is 2.43. The first-order chi connectivity index (χ1) is 24.4. The van der Waals surface area contributed by atoms with Gasteiger partial charge in [-0.25, -0.2) is 4.98 Å². The number of carbonyl (C=O) groups excluding carboxylic acids is 1. The normalized spacial score (nSPS) is 11.1. The lowest BCUT2D eigenvalue weighted by Crippen LogP contribution is -2.12. The molecule has 1 heterocycles. The third-order valence-corrected chi connectivity index (χ3v) is 8.48. The molecule has 0 aliphatic rings. The highest BCUT2D eigenvalue weighted by molar-refractivity contribution is 5.96. The number of hydrogen-bond acceptors (Lipinski definition) is 8. The van der Waals surface area contributed by atoms with Crippen LogP contribution in [0.4, 0.5) is 0 Å². The molecule has 0 atom stereocenters. The second-order valence-corrected chi connectivity index (χ2v) is 12.1. The van der Waals surface area contributed by atoms with Crippen LogP contribution >= 0.6 is 0 Å². The van der Waals surface area contributed by atoms with Gasteiger partial charge >= 0.3 is 0 Å². The minimum atomic E-state index is 0.0854. The molecule has 0 unspecified atom stereocenters. The zero-order valence-corrected chi connectivity index (χ0v) is 29.7. The maximum Gasteiger partial charge on any atom is 0.203 e. The monoisotopic (exact) mass is 677 g/mol. The number of nitrogens with zero attached hydrogens (tertiary/aromatic N) is 2. The van der Waals surface area contributed by atoms with Crippen LogP contribution in [-0.2, 0) is 16.0 Å². The van der Waals surface area contributed by atoms with Gasteiger partial charge in [-0.15, -0.1) is 0 Å². The molecule has 262 valence electrons. The molecule has 5 rings (SSSR count). The van der Waals surface area contributed by atoms with Gasteiger partial charge in [0.25, 0.3) is 0 Å². The lowest BCUT2D eigenvalue weighted by molar-refractivity contribution is 0.0489. The number of aromatic nitrogens is 2. The number of Topliss-reactive ketones (excluding diaryl/α,β-unsaturated/α-hetero) is 1. The molecule has 9 nitrogen and oxygen atoms in total. The van der Waals surface area contributed by atoms with E-state index in [1.54, 1.807) is 21.3 Å². The van der Waals surface area contributed by atoms with Crippen molar-refractivity contribution in [2.24, 2.45) is 5.73 Å². The molecule has 0 aliphatic heterocycles. The molecular formula is C41H47N3O6. The van der Waals surface area contributed by atoms with E-state index in [0.717, 1.165) is 39.5 Å². The largest absolute Gasteiger partial charge is 0.493 e. The van der Waals surface area contributed by atoms with E-state index in [0.29, 0.717) is 75.2 Å². The molecule has 2 N–H and O–H groups in total. The van der Waals surface area contributed by atoms with Crippen molar-refractivity contribution in [3.8, 4) is 51.2 Å². The van der Waals surface area contributed by atoms with Crippen LogP contribution < -0.4 is 19.9 Å². The van der Waals surface area contributed by atoms with Gasteiger partial charge in [-0.05, 0) is 38.0 Å². The van der Waals surface area contributed by atoms with Gasteiger partial charge in [-0.2, -0.15) is 0 Å². The zero-order valence-electron chi connectivity index (χ0n) is 29.7. The molecule has 0 radical (unpaired) electrons. The van der Waals surface area contributed by atoms with Crippen molar-refractivity contribution in [3.63, 3.8) is 0 Å². The van der Waals surface area contributed by atoms with Crippen LogP contribution in [0.3, 0.4) is 0 Å². The number of ether oxygens (including phenoxy) is 5. The number of rotatable bonds is 18. The first-order valence-electron chi connectivity index (χ1n) is 16.9. The summed E-state index contributed by atoms with van der Waals surface area (Å²) >= 11 is 0. The molecule has 0 saturated heterocycles. The van der Waals surface area contributed by atoms with Crippen LogP contribution in [0.1, 0.15) is 39.9 Å². The van der Waals surface area contributed by atoms with Crippen LogP contribution in [0.25, 0.3) is 33.9 Å². The fourth-order valence-corrected chi connectivity index (χ4v) is 5.82. The number of ketones is 1. The Labute approximate surface area is 294 Å². The van der Waals surface area contributed by atoms with Crippen molar-refractivity contribution in [2.75, 3.05) is 54.3 Å². The quantitative estimate of drug-likeness (QED) is 0.0750. The highest BCUT2D eigenvalue weighted by Gasteiger charge is 2.24. The predicted molar refractivity (Wildman–Crippen MR) is 197 cm³/mol. The maximum absolute atomic E-state index is 13.0. The number of aryl methyl sites for hydroxylation is 2. The molecule has 0 aliphatic carbocycles. The molecule has 5 aromatic rings. The van der Waals surface area contributed by atoms with Crippen molar-refractivity contribution in [3.05, 3.63) is 107 Å². The Morgan fingerprint density at radius 1 is 0.700 bits per heavy atom. The number of carbonyl (C=O) groups is 1. The van der Waals surface area contributed by atoms with E-state index in [-0.39, 0.29) is 5.78 Å². The molecule has 0 amide bonds. The second kappa shape index (κ2) is 17.6. The van der Waals surface area contributed by atoms with Gasteiger partial charge in [0.05, 0.1) is 52.5 Å². The topological polar surface area (TPSA) is 107 Å². The number of hydrogen-bond donors (Lipinski definition) is 1. The van der Waals surface area contributed by atoms with E-state index in [9.17, 15) is 4.79 Å². The van der Waals surface area contributed by atoms with Crippen molar-refractivity contribution in [1.29, 1.82) is 0 Å². The Balaban J connectivity index is 1.52. The van der Waals surface area contributed by atoms with E-state index in [2.05, 4.69) is 66.9 Å². The minimum absolute atomic E-state index is 0.0854. The van der Waals surface area contributed by atoms with E-state index >= 15 is 0 Å². The van der Waals surface area contributed by atoms with Crippen molar-refractivity contribution < 1.29 is 28.5 Å². The summed E-state index contributed by atoms with van der Waals surface area (Å²) in [6, 6.07) is 28.6. The predicted octanol–water partition coefficient (Wildman–Crippen LogP) is 7.53. The van der Waals surface area contributed by atoms with Crippen LogP contribution in [0.5, 0.6) is 17.2 Å². The second-order valence-electron chi connectivity index (χ2n) is 12.1. The fourth-order valence-electron chi connectivity index (χ4n) is 5.82. The van der Waals surface area contributed by atoms with Gasteiger partial charge < -0.3 is 34.0 Å². The number of nitrogens with two attached hydrogens (primary N) is 1. The first kappa shape index (κ1) is 36.3. The molecule has 1 aromatic heterocycles. The van der Waals surface area contributed by atoms with Crippen molar-refractivity contribution in [2.45, 2.75) is 33.2 Å². The Kier molecular flexibility index (Phi) is 12.8. The first-order valence-corrected chi connectivity index (χ1v) is 16.9. The zero-order chi connectivity index (χ0) is 35.5. The summed E-state index contributed by atoms with van der Waals surface area (Å²) in [5, 5.41) is 0. The standard InChI is InChI=1S/C41H47N3O6/c1-28-8-14-32(15-9-28)38-39(33-16-10-29(2)11-17-33)44(41(43-38)34-25-36(46-3)40(48-5)37(26-34)47-4)27-30-12-18-31(19-13-30)35(45)7-6-21-49-23-24-50-22-20-42/h8-19,25-26H,6-7,20-24,27,42H2,1-5H3. The van der Waals surface area contributed by atoms with Crippen LogP contribution in [0.2, 0.25) is 0 Å². The molecule has 0 saturated carbocycles. The molecular weight excluding hydrogens is 630 g/mol. The van der Waals surface area contributed by atoms with Gasteiger partial charge in [-0.3, -0.25) is 4.79 Å². The Bertz CT molecular complexity index is 1820. The Hall–Kier alpha value is -4.96. The van der Waals surface area contributed by atoms with Gasteiger partial charge in [0, 0.05) is 48.4 Å². The van der Waals surface area contributed by atoms with Crippen molar-refractivity contribution >= 4 is 5.78 Å². The van der Waals surface area contributed by atoms with Gasteiger partial charge in [0.2, 0.25) is 5.75 Å². The molecule has 9 heteroatoms. The average molecular weight is 678 g/mol. The van der Waals surface area contributed by atoms with Crippen LogP contribution in [0.15, 0.2) is 84.9 Å². The smallest absolute Gasteiger partial charge is 0.203 e. The number of methoxy groups -OCH3 is 3. The number of imidazole rings is 1. The van der Waals surface area contributed by atoms with E-state index in [1.165, 1.54) is 11.1 Å². The van der Waals surface area contributed by atoms with E-state index in [4.69, 9.17) is 34.4 Å². The van der Waals surface area contributed by atoms with Crippen molar-refractivity contribution in [1.82, 2.24) is 9.55 Å². The third kappa shape index (κ3) is 8.79. The Morgan fingerprint density at radius 3 is 1.84 bits per heavy atom.